The highest BCUT2D eigenvalue weighted by molar-refractivity contribution is 7.46. The quantitative estimate of drug-likeness (QED) is 0.105. The molecule has 0 spiro atoms. The molecule has 1 aromatic carbocycles. The Labute approximate surface area is 236 Å². The number of benzene rings is 1. The van der Waals surface area contributed by atoms with Crippen molar-refractivity contribution in [3.8, 4) is 5.75 Å². The number of hydrogen-bond donors (Lipinski definition) is 2. The Balaban J connectivity index is 2.97. The summed E-state index contributed by atoms with van der Waals surface area (Å²) in [4.78, 5) is 19.2. The summed E-state index contributed by atoms with van der Waals surface area (Å²) in [6, 6.07) is 3.91. The standard InChI is InChI=1S/C33H61O4P/c1-27(2)19-13-7-10-16-22-30-25-26-33(37-38(34,35)36)32(24-18-12-9-15-21-29(5)6)31(30)23-17-11-8-14-20-28(3)4/h25-29H,7-24H2,1-6H3,(H2,34,35,36). The Kier molecular flexibility index (Phi) is 18.6. The third kappa shape index (κ3) is 17.7. The lowest BCUT2D eigenvalue weighted by molar-refractivity contribution is 0.282. The Bertz CT molecular complexity index is 781. The first kappa shape index (κ1) is 35.2. The molecule has 0 heterocycles. The highest BCUT2D eigenvalue weighted by Gasteiger charge is 2.21. The number of rotatable bonds is 23. The van der Waals surface area contributed by atoms with Crippen LogP contribution in [0.4, 0.5) is 0 Å². The first-order valence-corrected chi connectivity index (χ1v) is 17.4. The minimum absolute atomic E-state index is 0.399. The molecule has 0 saturated carbocycles. The van der Waals surface area contributed by atoms with Crippen LogP contribution < -0.4 is 4.52 Å². The Morgan fingerprint density at radius 2 is 0.974 bits per heavy atom. The van der Waals surface area contributed by atoms with Gasteiger partial charge in [-0.2, -0.15) is 0 Å². The van der Waals surface area contributed by atoms with Crippen LogP contribution in [0.1, 0.15) is 155 Å². The Hall–Kier alpha value is -0.830. The van der Waals surface area contributed by atoms with Crippen LogP contribution in [-0.4, -0.2) is 9.79 Å². The lowest BCUT2D eigenvalue weighted by atomic mass is 9.89. The van der Waals surface area contributed by atoms with Gasteiger partial charge in [0.05, 0.1) is 0 Å². The first-order chi connectivity index (χ1) is 18.0. The fourth-order valence-corrected chi connectivity index (χ4v) is 5.82. The van der Waals surface area contributed by atoms with Crippen molar-refractivity contribution in [2.24, 2.45) is 17.8 Å². The van der Waals surface area contributed by atoms with Crippen molar-refractivity contribution in [2.45, 2.75) is 157 Å². The summed E-state index contributed by atoms with van der Waals surface area (Å²) in [5.74, 6) is 2.68. The van der Waals surface area contributed by atoms with Gasteiger partial charge < -0.3 is 4.52 Å². The zero-order valence-electron chi connectivity index (χ0n) is 25.8. The molecule has 0 aliphatic rings. The minimum atomic E-state index is -4.60. The number of unbranched alkanes of at least 4 members (excludes halogenated alkanes) is 9. The zero-order valence-corrected chi connectivity index (χ0v) is 26.7. The summed E-state index contributed by atoms with van der Waals surface area (Å²) in [5.41, 5.74) is 3.73. The number of phosphoric acid groups is 1. The van der Waals surface area contributed by atoms with E-state index in [2.05, 4.69) is 47.6 Å². The molecule has 4 nitrogen and oxygen atoms in total. The van der Waals surface area contributed by atoms with Gasteiger partial charge in [0.2, 0.25) is 0 Å². The van der Waals surface area contributed by atoms with Gasteiger partial charge in [-0.05, 0) is 79.0 Å². The van der Waals surface area contributed by atoms with E-state index in [1.807, 2.05) is 6.07 Å². The summed E-state index contributed by atoms with van der Waals surface area (Å²) in [7, 11) is -4.60. The normalized spacial score (nSPS) is 12.3. The van der Waals surface area contributed by atoms with Gasteiger partial charge in [0.25, 0.3) is 0 Å². The average molecular weight is 553 g/mol. The fourth-order valence-electron chi connectivity index (χ4n) is 5.39. The molecule has 38 heavy (non-hydrogen) atoms. The minimum Gasteiger partial charge on any atom is -0.404 e. The Morgan fingerprint density at radius 3 is 1.39 bits per heavy atom. The molecule has 0 unspecified atom stereocenters. The molecule has 0 atom stereocenters. The molecule has 5 heteroatoms. The second-order valence-electron chi connectivity index (χ2n) is 12.8. The number of phosphoric ester groups is 1. The van der Waals surface area contributed by atoms with Crippen molar-refractivity contribution in [3.05, 3.63) is 28.8 Å². The summed E-state index contributed by atoms with van der Waals surface area (Å²) in [6.45, 7) is 13.7. The van der Waals surface area contributed by atoms with Gasteiger partial charge in [-0.1, -0.05) is 125 Å². The fraction of sp³-hybridized carbons (Fsp3) is 0.818. The molecule has 0 aliphatic carbocycles. The highest BCUT2D eigenvalue weighted by Crippen LogP contribution is 2.41. The maximum atomic E-state index is 11.8. The van der Waals surface area contributed by atoms with Gasteiger partial charge in [-0.15, -0.1) is 0 Å². The maximum Gasteiger partial charge on any atom is 0.524 e. The van der Waals surface area contributed by atoms with Gasteiger partial charge >= 0.3 is 7.82 Å². The van der Waals surface area contributed by atoms with Crippen molar-refractivity contribution in [1.29, 1.82) is 0 Å². The second-order valence-corrected chi connectivity index (χ2v) is 14.0. The lowest BCUT2D eigenvalue weighted by Crippen LogP contribution is -2.06. The molecule has 0 radical (unpaired) electrons. The Morgan fingerprint density at radius 1 is 0.579 bits per heavy atom. The molecule has 0 amide bonds. The predicted molar refractivity (Wildman–Crippen MR) is 164 cm³/mol. The van der Waals surface area contributed by atoms with Gasteiger partial charge in [-0.3, -0.25) is 9.79 Å². The highest BCUT2D eigenvalue weighted by atomic mass is 31.2. The SMILES string of the molecule is CC(C)CCCCCCc1ccc(OP(=O)(O)O)c(CCCCCCC(C)C)c1CCCCCCC(C)C. The van der Waals surface area contributed by atoms with E-state index in [0.717, 1.165) is 61.8 Å². The molecule has 0 aromatic heterocycles. The van der Waals surface area contributed by atoms with Crippen LogP contribution in [0.25, 0.3) is 0 Å². The largest absolute Gasteiger partial charge is 0.524 e. The van der Waals surface area contributed by atoms with Crippen LogP contribution in [0.5, 0.6) is 5.75 Å². The van der Waals surface area contributed by atoms with Crippen LogP contribution in [0.2, 0.25) is 0 Å². The van der Waals surface area contributed by atoms with Crippen molar-refractivity contribution in [3.63, 3.8) is 0 Å². The summed E-state index contributed by atoms with van der Waals surface area (Å²) in [5, 5.41) is 0. The van der Waals surface area contributed by atoms with E-state index in [4.69, 9.17) is 4.52 Å². The third-order valence-electron chi connectivity index (χ3n) is 7.60. The maximum absolute atomic E-state index is 11.8. The van der Waals surface area contributed by atoms with Gasteiger partial charge in [-0.25, -0.2) is 4.57 Å². The van der Waals surface area contributed by atoms with Crippen LogP contribution in [0.15, 0.2) is 12.1 Å². The van der Waals surface area contributed by atoms with E-state index in [0.29, 0.717) is 5.75 Å². The molecule has 222 valence electrons. The number of aryl methyl sites for hydroxylation is 1. The van der Waals surface area contributed by atoms with Crippen LogP contribution >= 0.6 is 7.82 Å². The van der Waals surface area contributed by atoms with Crippen LogP contribution in [0.3, 0.4) is 0 Å². The van der Waals surface area contributed by atoms with E-state index < -0.39 is 7.82 Å². The van der Waals surface area contributed by atoms with Crippen molar-refractivity contribution < 1.29 is 18.9 Å². The molecule has 1 aromatic rings. The smallest absolute Gasteiger partial charge is 0.404 e. The van der Waals surface area contributed by atoms with Gasteiger partial charge in [0.1, 0.15) is 5.75 Å². The third-order valence-corrected chi connectivity index (χ3v) is 8.03. The second kappa shape index (κ2) is 20.1. The summed E-state index contributed by atoms with van der Waals surface area (Å²) >= 11 is 0. The van der Waals surface area contributed by atoms with Gasteiger partial charge in [0, 0.05) is 0 Å². The first-order valence-electron chi connectivity index (χ1n) is 15.9. The molecule has 1 rings (SSSR count). The molecule has 2 N–H and O–H groups in total. The molecule has 0 fully saturated rings. The van der Waals surface area contributed by atoms with Crippen molar-refractivity contribution in [1.82, 2.24) is 0 Å². The van der Waals surface area contributed by atoms with E-state index in [1.165, 1.54) is 88.2 Å². The van der Waals surface area contributed by atoms with E-state index in [9.17, 15) is 14.4 Å². The van der Waals surface area contributed by atoms with E-state index in [1.54, 1.807) is 0 Å². The molecule has 0 saturated heterocycles. The molecule has 0 bridgehead atoms. The monoisotopic (exact) mass is 552 g/mol. The van der Waals surface area contributed by atoms with Crippen LogP contribution in [0, 0.1) is 17.8 Å². The van der Waals surface area contributed by atoms with Gasteiger partial charge in [0.15, 0.2) is 0 Å². The zero-order chi connectivity index (χ0) is 28.4. The van der Waals surface area contributed by atoms with Crippen molar-refractivity contribution in [2.75, 3.05) is 0 Å². The lowest BCUT2D eigenvalue weighted by Gasteiger charge is -2.20. The topological polar surface area (TPSA) is 66.8 Å². The van der Waals surface area contributed by atoms with E-state index in [-0.39, 0.29) is 0 Å². The molecular formula is C33H61O4P. The van der Waals surface area contributed by atoms with E-state index >= 15 is 0 Å². The predicted octanol–water partition coefficient (Wildman–Crippen LogP) is 10.6. The van der Waals surface area contributed by atoms with Crippen molar-refractivity contribution >= 4 is 7.82 Å². The molecule has 0 aliphatic heterocycles. The number of hydrogen-bond acceptors (Lipinski definition) is 2. The average Bonchev–Trinajstić information content (AvgIpc) is 2.81. The summed E-state index contributed by atoms with van der Waals surface area (Å²) < 4.78 is 17.1. The molecular weight excluding hydrogens is 491 g/mol. The van der Waals surface area contributed by atoms with Crippen LogP contribution in [-0.2, 0) is 23.8 Å². The summed E-state index contributed by atoms with van der Waals surface area (Å²) in [6.07, 6.45) is 21.2.